The predicted molar refractivity (Wildman–Crippen MR) is 62.5 cm³/mol. The van der Waals surface area contributed by atoms with Gasteiger partial charge in [0.15, 0.2) is 11.5 Å². The fourth-order valence-corrected chi connectivity index (χ4v) is 1.84. The van der Waals surface area contributed by atoms with Crippen LogP contribution < -0.4 is 15.2 Å². The smallest absolute Gasteiger partial charge is 0.396 e. The first kappa shape index (κ1) is 11.7. The topological polar surface area (TPSA) is 44.5 Å². The van der Waals surface area contributed by atoms with Gasteiger partial charge in [-0.1, -0.05) is 12.1 Å². The van der Waals surface area contributed by atoms with Crippen LogP contribution in [0.25, 0.3) is 11.1 Å². The van der Waals surface area contributed by atoms with Crippen molar-refractivity contribution in [1.29, 1.82) is 0 Å². The van der Waals surface area contributed by atoms with E-state index in [1.165, 1.54) is 30.3 Å². The largest absolute Gasteiger partial charge is 0.586 e. The van der Waals surface area contributed by atoms with Gasteiger partial charge in [-0.3, -0.25) is 0 Å². The molecule has 0 atom stereocenters. The minimum absolute atomic E-state index is 0.0241. The molecular formula is C13H8F3NO2. The van der Waals surface area contributed by atoms with Gasteiger partial charge in [-0.25, -0.2) is 4.39 Å². The van der Waals surface area contributed by atoms with Crippen molar-refractivity contribution >= 4 is 5.69 Å². The average molecular weight is 267 g/mol. The lowest BCUT2D eigenvalue weighted by molar-refractivity contribution is -0.286. The SMILES string of the molecule is Nc1ccc(-c2ccc3c(c2)OC(F)(F)O3)cc1F. The monoisotopic (exact) mass is 267 g/mol. The maximum atomic E-state index is 13.4. The van der Waals surface area contributed by atoms with Crippen molar-refractivity contribution in [2.24, 2.45) is 0 Å². The molecule has 1 heterocycles. The van der Waals surface area contributed by atoms with E-state index in [0.717, 1.165) is 0 Å². The van der Waals surface area contributed by atoms with Crippen molar-refractivity contribution in [1.82, 2.24) is 0 Å². The van der Waals surface area contributed by atoms with Crippen molar-refractivity contribution in [3.8, 4) is 22.6 Å². The van der Waals surface area contributed by atoms with E-state index in [1.54, 1.807) is 6.07 Å². The molecule has 3 rings (SSSR count). The molecule has 0 fully saturated rings. The highest BCUT2D eigenvalue weighted by Gasteiger charge is 2.43. The highest BCUT2D eigenvalue weighted by atomic mass is 19.3. The third kappa shape index (κ3) is 2.05. The molecule has 0 saturated carbocycles. The summed E-state index contributed by atoms with van der Waals surface area (Å²) in [5, 5.41) is 0. The number of hydrogen-bond acceptors (Lipinski definition) is 3. The number of anilines is 1. The molecule has 0 spiro atoms. The summed E-state index contributed by atoms with van der Waals surface area (Å²) in [6.07, 6.45) is -3.66. The number of fused-ring (bicyclic) bond motifs is 1. The van der Waals surface area contributed by atoms with Gasteiger partial charge in [0.2, 0.25) is 0 Å². The van der Waals surface area contributed by atoms with Crippen LogP contribution in [0.5, 0.6) is 11.5 Å². The number of nitrogen functional groups attached to an aromatic ring is 1. The Hall–Kier alpha value is -2.37. The van der Waals surface area contributed by atoms with Gasteiger partial charge >= 0.3 is 6.29 Å². The van der Waals surface area contributed by atoms with Crippen LogP contribution in [0.1, 0.15) is 0 Å². The fourth-order valence-electron chi connectivity index (χ4n) is 1.84. The van der Waals surface area contributed by atoms with Crippen molar-refractivity contribution in [3.05, 3.63) is 42.2 Å². The molecule has 0 saturated heterocycles. The van der Waals surface area contributed by atoms with Crippen LogP contribution in [-0.4, -0.2) is 6.29 Å². The molecule has 19 heavy (non-hydrogen) atoms. The molecule has 1 aliphatic heterocycles. The Balaban J connectivity index is 2.02. The number of hydrogen-bond donors (Lipinski definition) is 1. The second-order valence-electron chi connectivity index (χ2n) is 4.07. The van der Waals surface area contributed by atoms with Gasteiger partial charge in [0, 0.05) is 0 Å². The second-order valence-corrected chi connectivity index (χ2v) is 4.07. The van der Waals surface area contributed by atoms with E-state index in [1.807, 2.05) is 0 Å². The fraction of sp³-hybridized carbons (Fsp3) is 0.0769. The first-order valence-corrected chi connectivity index (χ1v) is 5.40. The Morgan fingerprint density at radius 2 is 1.53 bits per heavy atom. The Morgan fingerprint density at radius 1 is 0.895 bits per heavy atom. The van der Waals surface area contributed by atoms with E-state index in [2.05, 4.69) is 9.47 Å². The lowest BCUT2D eigenvalue weighted by Gasteiger charge is -2.05. The minimum atomic E-state index is -3.66. The molecule has 3 nitrogen and oxygen atoms in total. The molecule has 1 aliphatic rings. The summed E-state index contributed by atoms with van der Waals surface area (Å²) in [6.45, 7) is 0. The number of rotatable bonds is 1. The van der Waals surface area contributed by atoms with Gasteiger partial charge in [0.05, 0.1) is 5.69 Å². The normalized spacial score (nSPS) is 15.5. The van der Waals surface area contributed by atoms with Gasteiger partial charge in [0.25, 0.3) is 0 Å². The Labute approximate surface area is 106 Å². The van der Waals surface area contributed by atoms with Crippen molar-refractivity contribution in [2.45, 2.75) is 6.29 Å². The summed E-state index contributed by atoms with van der Waals surface area (Å²) in [6, 6.07) is 8.47. The number of nitrogens with two attached hydrogens (primary N) is 1. The van der Waals surface area contributed by atoms with Crippen LogP contribution in [0.2, 0.25) is 0 Å². The molecule has 0 amide bonds. The first-order valence-electron chi connectivity index (χ1n) is 5.40. The molecule has 2 aromatic rings. The predicted octanol–water partition coefficient (Wildman–Crippen LogP) is 3.40. The quantitative estimate of drug-likeness (QED) is 0.805. The molecule has 6 heteroatoms. The van der Waals surface area contributed by atoms with Gasteiger partial charge in [-0.05, 0) is 35.4 Å². The van der Waals surface area contributed by atoms with E-state index < -0.39 is 12.1 Å². The third-order valence-electron chi connectivity index (χ3n) is 2.74. The van der Waals surface area contributed by atoms with Crippen molar-refractivity contribution in [3.63, 3.8) is 0 Å². The summed E-state index contributed by atoms with van der Waals surface area (Å²) in [7, 11) is 0. The highest BCUT2D eigenvalue weighted by molar-refractivity contribution is 5.69. The standard InChI is InChI=1S/C13H8F3NO2/c14-9-5-7(1-3-10(9)17)8-2-4-11-12(6-8)19-13(15,16)18-11/h1-6H,17H2. The lowest BCUT2D eigenvalue weighted by atomic mass is 10.0. The highest BCUT2D eigenvalue weighted by Crippen LogP contribution is 2.43. The first-order chi connectivity index (χ1) is 8.94. The molecule has 0 bridgehead atoms. The van der Waals surface area contributed by atoms with Crippen LogP contribution in [0, 0.1) is 5.82 Å². The number of ether oxygens (including phenoxy) is 2. The number of halogens is 3. The Morgan fingerprint density at radius 3 is 2.26 bits per heavy atom. The molecule has 0 aliphatic carbocycles. The van der Waals surface area contributed by atoms with Crippen LogP contribution in [-0.2, 0) is 0 Å². The van der Waals surface area contributed by atoms with Crippen molar-refractivity contribution < 1.29 is 22.6 Å². The van der Waals surface area contributed by atoms with Gasteiger partial charge < -0.3 is 15.2 Å². The number of benzene rings is 2. The van der Waals surface area contributed by atoms with Gasteiger partial charge in [0.1, 0.15) is 5.82 Å². The van der Waals surface area contributed by atoms with Gasteiger partial charge in [-0.2, -0.15) is 0 Å². The zero-order valence-corrected chi connectivity index (χ0v) is 9.49. The zero-order chi connectivity index (χ0) is 13.6. The zero-order valence-electron chi connectivity index (χ0n) is 9.49. The molecule has 2 aromatic carbocycles. The molecular weight excluding hydrogens is 259 g/mol. The Kier molecular flexibility index (Phi) is 2.35. The summed E-state index contributed by atoms with van der Waals surface area (Å²) in [5.74, 6) is -0.704. The van der Waals surface area contributed by atoms with Crippen LogP contribution in [0.15, 0.2) is 36.4 Å². The minimum Gasteiger partial charge on any atom is -0.396 e. The maximum absolute atomic E-state index is 13.4. The van der Waals surface area contributed by atoms with Crippen LogP contribution in [0.4, 0.5) is 18.9 Å². The molecule has 0 unspecified atom stereocenters. The summed E-state index contributed by atoms with van der Waals surface area (Å²) in [5.41, 5.74) is 6.43. The maximum Gasteiger partial charge on any atom is 0.586 e. The van der Waals surface area contributed by atoms with E-state index in [0.29, 0.717) is 11.1 Å². The third-order valence-corrected chi connectivity index (χ3v) is 2.74. The molecule has 98 valence electrons. The van der Waals surface area contributed by atoms with E-state index in [4.69, 9.17) is 5.73 Å². The van der Waals surface area contributed by atoms with E-state index >= 15 is 0 Å². The van der Waals surface area contributed by atoms with Gasteiger partial charge in [-0.15, -0.1) is 8.78 Å². The summed E-state index contributed by atoms with van der Waals surface area (Å²) < 4.78 is 47.7. The molecule has 0 radical (unpaired) electrons. The van der Waals surface area contributed by atoms with Crippen LogP contribution in [0.3, 0.4) is 0 Å². The molecule has 0 aromatic heterocycles. The summed E-state index contributed by atoms with van der Waals surface area (Å²) in [4.78, 5) is 0. The lowest BCUT2D eigenvalue weighted by Crippen LogP contribution is -2.25. The molecule has 2 N–H and O–H groups in total. The Bertz CT molecular complexity index is 658. The average Bonchev–Trinajstić information content (AvgIpc) is 2.65. The van der Waals surface area contributed by atoms with E-state index in [9.17, 15) is 13.2 Å². The number of alkyl halides is 2. The van der Waals surface area contributed by atoms with Crippen molar-refractivity contribution in [2.75, 3.05) is 5.73 Å². The summed E-state index contributed by atoms with van der Waals surface area (Å²) >= 11 is 0. The second kappa shape index (κ2) is 3.81. The van der Waals surface area contributed by atoms with Crippen LogP contribution >= 0.6 is 0 Å². The van der Waals surface area contributed by atoms with E-state index in [-0.39, 0.29) is 17.2 Å².